The van der Waals surface area contributed by atoms with Crippen LogP contribution in [0.2, 0.25) is 0 Å². The van der Waals surface area contributed by atoms with Gasteiger partial charge < -0.3 is 10.2 Å². The van der Waals surface area contributed by atoms with Crippen LogP contribution in [0.4, 0.5) is 0 Å². The van der Waals surface area contributed by atoms with Gasteiger partial charge in [-0.1, -0.05) is 116 Å². The molecule has 2 amide bonds. The Morgan fingerprint density at radius 2 is 1.43 bits per heavy atom. The minimum absolute atomic E-state index is 0.0108. The van der Waals surface area contributed by atoms with E-state index in [4.69, 9.17) is 0 Å². The number of nitrogens with zero attached hydrogens (tertiary/aromatic N) is 1. The molecule has 37 heavy (non-hydrogen) atoms. The van der Waals surface area contributed by atoms with Gasteiger partial charge in [0.15, 0.2) is 0 Å². The fraction of sp³-hybridized carbons (Fsp3) is 0.273. The van der Waals surface area contributed by atoms with E-state index in [1.54, 1.807) is 4.90 Å². The molecular formula is C33H36N2O2. The van der Waals surface area contributed by atoms with Crippen molar-refractivity contribution in [2.75, 3.05) is 6.54 Å². The molecule has 1 atom stereocenters. The Balaban J connectivity index is 1.61. The third-order valence-electron chi connectivity index (χ3n) is 6.78. The third kappa shape index (κ3) is 7.29. The average molecular weight is 493 g/mol. The zero-order valence-corrected chi connectivity index (χ0v) is 21.6. The summed E-state index contributed by atoms with van der Waals surface area (Å²) in [5.41, 5.74) is 3.21. The van der Waals surface area contributed by atoms with E-state index in [0.29, 0.717) is 32.4 Å². The smallest absolute Gasteiger partial charge is 0.243 e. The van der Waals surface area contributed by atoms with Gasteiger partial charge in [-0.2, -0.15) is 0 Å². The number of hydrogen-bond acceptors (Lipinski definition) is 2. The monoisotopic (exact) mass is 492 g/mol. The number of rotatable bonds is 12. The van der Waals surface area contributed by atoms with E-state index < -0.39 is 6.04 Å². The molecule has 1 N–H and O–H groups in total. The largest absolute Gasteiger partial charge is 0.354 e. The summed E-state index contributed by atoms with van der Waals surface area (Å²) >= 11 is 0. The molecule has 0 aliphatic carbocycles. The van der Waals surface area contributed by atoms with Crippen molar-refractivity contribution in [3.8, 4) is 0 Å². The van der Waals surface area contributed by atoms with Crippen LogP contribution in [0.1, 0.15) is 42.9 Å². The predicted molar refractivity (Wildman–Crippen MR) is 151 cm³/mol. The van der Waals surface area contributed by atoms with E-state index in [9.17, 15) is 9.59 Å². The molecule has 0 bridgehead atoms. The van der Waals surface area contributed by atoms with Crippen LogP contribution in [0.3, 0.4) is 0 Å². The van der Waals surface area contributed by atoms with E-state index in [1.165, 1.54) is 10.8 Å². The summed E-state index contributed by atoms with van der Waals surface area (Å²) in [5.74, 6) is -0.102. The van der Waals surface area contributed by atoms with E-state index in [1.807, 2.05) is 78.9 Å². The van der Waals surface area contributed by atoms with Crippen LogP contribution in [0.5, 0.6) is 0 Å². The van der Waals surface area contributed by atoms with Crippen LogP contribution in [0.15, 0.2) is 103 Å². The van der Waals surface area contributed by atoms with Gasteiger partial charge in [-0.3, -0.25) is 9.59 Å². The van der Waals surface area contributed by atoms with Crippen LogP contribution in [-0.4, -0.2) is 29.3 Å². The quantitative estimate of drug-likeness (QED) is 0.235. The van der Waals surface area contributed by atoms with Crippen molar-refractivity contribution in [3.05, 3.63) is 120 Å². The Morgan fingerprint density at radius 1 is 0.784 bits per heavy atom. The van der Waals surface area contributed by atoms with Gasteiger partial charge in [0, 0.05) is 25.9 Å². The van der Waals surface area contributed by atoms with E-state index >= 15 is 0 Å². The van der Waals surface area contributed by atoms with E-state index in [-0.39, 0.29) is 11.8 Å². The highest BCUT2D eigenvalue weighted by Gasteiger charge is 2.30. The lowest BCUT2D eigenvalue weighted by atomic mass is 9.99. The van der Waals surface area contributed by atoms with Crippen molar-refractivity contribution in [2.45, 2.75) is 51.6 Å². The van der Waals surface area contributed by atoms with Crippen molar-refractivity contribution in [2.24, 2.45) is 0 Å². The number of fused-ring (bicyclic) bond motifs is 1. The first-order valence-corrected chi connectivity index (χ1v) is 13.3. The van der Waals surface area contributed by atoms with Crippen molar-refractivity contribution in [1.82, 2.24) is 10.2 Å². The van der Waals surface area contributed by atoms with E-state index in [0.717, 1.165) is 29.5 Å². The molecule has 4 rings (SSSR count). The van der Waals surface area contributed by atoms with Gasteiger partial charge in [0.2, 0.25) is 11.8 Å². The number of nitrogens with one attached hydrogen (secondary N) is 1. The fourth-order valence-electron chi connectivity index (χ4n) is 4.74. The first kappa shape index (κ1) is 26.2. The Bertz CT molecular complexity index is 1280. The number of carbonyl (C=O) groups excluding carboxylic acids is 2. The molecule has 0 heterocycles. The summed E-state index contributed by atoms with van der Waals surface area (Å²) in [6.45, 7) is 3.12. The molecular weight excluding hydrogens is 456 g/mol. The second-order valence-corrected chi connectivity index (χ2v) is 9.50. The molecule has 0 saturated heterocycles. The first-order valence-electron chi connectivity index (χ1n) is 13.3. The minimum Gasteiger partial charge on any atom is -0.354 e. The molecule has 0 aliphatic heterocycles. The molecule has 0 aliphatic rings. The van der Waals surface area contributed by atoms with Crippen LogP contribution in [0, 0.1) is 0 Å². The van der Waals surface area contributed by atoms with Crippen molar-refractivity contribution in [3.63, 3.8) is 0 Å². The first-order chi connectivity index (χ1) is 18.2. The molecule has 4 aromatic carbocycles. The number of aryl methyl sites for hydroxylation is 1. The summed E-state index contributed by atoms with van der Waals surface area (Å²) in [6, 6.07) is 33.8. The minimum atomic E-state index is -0.584. The third-order valence-corrected chi connectivity index (χ3v) is 6.78. The fourth-order valence-corrected chi connectivity index (χ4v) is 4.74. The lowest BCUT2D eigenvalue weighted by Crippen LogP contribution is -2.50. The van der Waals surface area contributed by atoms with Gasteiger partial charge in [-0.05, 0) is 40.3 Å². The highest BCUT2D eigenvalue weighted by molar-refractivity contribution is 5.89. The van der Waals surface area contributed by atoms with Crippen LogP contribution >= 0.6 is 0 Å². The number of benzene rings is 4. The Hall–Kier alpha value is -3.92. The van der Waals surface area contributed by atoms with Crippen molar-refractivity contribution in [1.29, 1.82) is 0 Å². The number of unbranched alkanes of at least 4 members (excludes halogenated alkanes) is 1. The second kappa shape index (κ2) is 13.4. The van der Waals surface area contributed by atoms with Crippen molar-refractivity contribution >= 4 is 22.6 Å². The zero-order valence-electron chi connectivity index (χ0n) is 21.6. The molecule has 4 aromatic rings. The molecule has 0 spiro atoms. The van der Waals surface area contributed by atoms with Gasteiger partial charge in [-0.15, -0.1) is 0 Å². The number of amides is 2. The lowest BCUT2D eigenvalue weighted by molar-refractivity contribution is -0.141. The summed E-state index contributed by atoms with van der Waals surface area (Å²) in [4.78, 5) is 29.2. The van der Waals surface area contributed by atoms with Crippen LogP contribution in [-0.2, 0) is 29.0 Å². The van der Waals surface area contributed by atoms with Gasteiger partial charge in [0.25, 0.3) is 0 Å². The van der Waals surface area contributed by atoms with E-state index in [2.05, 4.69) is 36.5 Å². The molecule has 4 heteroatoms. The maximum atomic E-state index is 13.9. The molecule has 0 aromatic heterocycles. The van der Waals surface area contributed by atoms with Gasteiger partial charge in [-0.25, -0.2) is 0 Å². The molecule has 0 unspecified atom stereocenters. The Morgan fingerprint density at radius 3 is 2.16 bits per heavy atom. The van der Waals surface area contributed by atoms with Gasteiger partial charge >= 0.3 is 0 Å². The SMILES string of the molecule is CCCCNC(=O)[C@H](Cc1ccccc1)N(Cc1ccccc1)C(=O)CCc1cccc2ccccc12. The van der Waals surface area contributed by atoms with Crippen LogP contribution in [0.25, 0.3) is 10.8 Å². The second-order valence-electron chi connectivity index (χ2n) is 9.50. The highest BCUT2D eigenvalue weighted by atomic mass is 16.2. The standard InChI is InChI=1S/C33H36N2O2/c1-2-3-23-34-33(37)31(24-26-13-6-4-7-14-26)35(25-27-15-8-5-9-16-27)32(36)22-21-29-19-12-18-28-17-10-11-20-30(28)29/h4-20,31H,2-3,21-25H2,1H3,(H,34,37)/t31-/m0/s1. The molecule has 0 fully saturated rings. The van der Waals surface area contributed by atoms with Gasteiger partial charge in [0.05, 0.1) is 0 Å². The molecule has 190 valence electrons. The Labute approximate surface area is 220 Å². The van der Waals surface area contributed by atoms with Gasteiger partial charge in [0.1, 0.15) is 6.04 Å². The zero-order chi connectivity index (χ0) is 25.9. The average Bonchev–Trinajstić information content (AvgIpc) is 2.94. The van der Waals surface area contributed by atoms with Crippen LogP contribution < -0.4 is 5.32 Å². The lowest BCUT2D eigenvalue weighted by Gasteiger charge is -2.32. The molecule has 0 radical (unpaired) electrons. The predicted octanol–water partition coefficient (Wildman–Crippen LogP) is 6.33. The summed E-state index contributed by atoms with van der Waals surface area (Å²) in [7, 11) is 0. The highest BCUT2D eigenvalue weighted by Crippen LogP contribution is 2.21. The Kier molecular flexibility index (Phi) is 9.47. The normalized spacial score (nSPS) is 11.7. The summed E-state index contributed by atoms with van der Waals surface area (Å²) < 4.78 is 0. The molecule has 4 nitrogen and oxygen atoms in total. The summed E-state index contributed by atoms with van der Waals surface area (Å²) in [5, 5.41) is 5.43. The molecule has 0 saturated carbocycles. The topological polar surface area (TPSA) is 49.4 Å². The maximum absolute atomic E-state index is 13.9. The van der Waals surface area contributed by atoms with Crippen molar-refractivity contribution < 1.29 is 9.59 Å². The number of carbonyl (C=O) groups is 2. The maximum Gasteiger partial charge on any atom is 0.243 e. The summed E-state index contributed by atoms with van der Waals surface area (Å²) in [6.07, 6.45) is 3.36. The number of hydrogen-bond donors (Lipinski definition) is 1.